The molecule has 0 aliphatic heterocycles. The molecular weight excluding hydrogens is 271 g/mol. The summed E-state index contributed by atoms with van der Waals surface area (Å²) in [7, 11) is 0. The normalized spacial score (nSPS) is 32.0. The first-order valence-corrected chi connectivity index (χ1v) is 6.69. The highest BCUT2D eigenvalue weighted by molar-refractivity contribution is 5.24. The summed E-state index contributed by atoms with van der Waals surface area (Å²) in [4.78, 5) is 3.30. The van der Waals surface area contributed by atoms with Gasteiger partial charge < -0.3 is 9.84 Å². The van der Waals surface area contributed by atoms with E-state index in [0.29, 0.717) is 18.4 Å². The molecule has 1 aromatic heterocycles. The highest BCUT2D eigenvalue weighted by atomic mass is 19.4. The molecule has 3 fully saturated rings. The molecule has 20 heavy (non-hydrogen) atoms. The number of pyridine rings is 1. The van der Waals surface area contributed by atoms with Crippen LogP contribution in [0.2, 0.25) is 0 Å². The third-order valence-electron chi connectivity index (χ3n) is 4.55. The predicted molar refractivity (Wildman–Crippen MR) is 65.1 cm³/mol. The zero-order valence-corrected chi connectivity index (χ0v) is 10.9. The fourth-order valence-corrected chi connectivity index (χ4v) is 3.56. The van der Waals surface area contributed by atoms with E-state index in [2.05, 4.69) is 4.98 Å². The second-order valence-electron chi connectivity index (χ2n) is 5.98. The predicted octanol–water partition coefficient (Wildman–Crippen LogP) is 2.89. The van der Waals surface area contributed by atoms with Crippen LogP contribution in [0.25, 0.3) is 0 Å². The number of hydrogen-bond acceptors (Lipinski definition) is 3. The third kappa shape index (κ3) is 2.37. The van der Waals surface area contributed by atoms with Crippen LogP contribution in [0.3, 0.4) is 0 Å². The van der Waals surface area contributed by atoms with Gasteiger partial charge in [0.05, 0.1) is 6.61 Å². The summed E-state index contributed by atoms with van der Waals surface area (Å²) in [5, 5.41) is 9.21. The Morgan fingerprint density at radius 2 is 2.10 bits per heavy atom. The second kappa shape index (κ2) is 4.62. The average molecular weight is 287 g/mol. The molecule has 3 nitrogen and oxygen atoms in total. The Labute approximate surface area is 114 Å². The van der Waals surface area contributed by atoms with Crippen molar-refractivity contribution >= 4 is 0 Å². The van der Waals surface area contributed by atoms with Gasteiger partial charge in [-0.1, -0.05) is 0 Å². The number of alkyl halides is 3. The number of aliphatic hydroxyl groups excluding tert-OH is 1. The minimum absolute atomic E-state index is 0.0553. The highest BCUT2D eigenvalue weighted by Crippen LogP contribution is 2.61. The van der Waals surface area contributed by atoms with E-state index < -0.39 is 11.9 Å². The number of aromatic nitrogens is 1. The molecule has 1 heterocycles. The van der Waals surface area contributed by atoms with E-state index in [9.17, 15) is 18.3 Å². The summed E-state index contributed by atoms with van der Waals surface area (Å²) >= 11 is 0. The molecule has 0 saturated heterocycles. The third-order valence-corrected chi connectivity index (χ3v) is 4.55. The smallest absolute Gasteiger partial charge is 0.433 e. The van der Waals surface area contributed by atoms with Crippen molar-refractivity contribution < 1.29 is 23.0 Å². The molecular formula is C14H16F3NO2. The van der Waals surface area contributed by atoms with Crippen molar-refractivity contribution in [3.05, 3.63) is 24.0 Å². The lowest BCUT2D eigenvalue weighted by Gasteiger charge is -2.38. The molecule has 0 radical (unpaired) electrons. The zero-order valence-electron chi connectivity index (χ0n) is 10.9. The van der Waals surface area contributed by atoms with E-state index in [1.54, 1.807) is 0 Å². The second-order valence-corrected chi connectivity index (χ2v) is 5.98. The fourth-order valence-electron chi connectivity index (χ4n) is 3.56. The molecule has 3 saturated carbocycles. The molecule has 0 spiro atoms. The number of ether oxygens (including phenoxy) is 1. The van der Waals surface area contributed by atoms with Crippen molar-refractivity contribution in [2.24, 2.45) is 17.3 Å². The summed E-state index contributed by atoms with van der Waals surface area (Å²) < 4.78 is 43.2. The molecule has 2 bridgehead atoms. The first kappa shape index (κ1) is 13.7. The number of fused-ring (bicyclic) bond motifs is 1. The number of halogens is 3. The molecule has 1 N–H and O–H groups in total. The topological polar surface area (TPSA) is 42.4 Å². The zero-order chi connectivity index (χ0) is 14.4. The van der Waals surface area contributed by atoms with E-state index in [0.717, 1.165) is 31.5 Å². The largest absolute Gasteiger partial charge is 0.493 e. The Balaban J connectivity index is 1.63. The van der Waals surface area contributed by atoms with Crippen LogP contribution in [0.4, 0.5) is 13.2 Å². The van der Waals surface area contributed by atoms with Crippen molar-refractivity contribution in [2.75, 3.05) is 13.2 Å². The molecule has 3 aliphatic carbocycles. The van der Waals surface area contributed by atoms with Crippen LogP contribution in [-0.4, -0.2) is 23.3 Å². The molecule has 0 amide bonds. The summed E-state index contributed by atoms with van der Waals surface area (Å²) in [5.74, 6) is 1.10. The molecule has 3 aliphatic rings. The van der Waals surface area contributed by atoms with Crippen LogP contribution < -0.4 is 4.74 Å². The fraction of sp³-hybridized carbons (Fsp3) is 0.643. The van der Waals surface area contributed by atoms with Gasteiger partial charge in [-0.25, -0.2) is 0 Å². The highest BCUT2D eigenvalue weighted by Gasteiger charge is 2.55. The molecule has 0 aromatic carbocycles. The Bertz CT molecular complexity index is 497. The monoisotopic (exact) mass is 287 g/mol. The quantitative estimate of drug-likeness (QED) is 0.926. The van der Waals surface area contributed by atoms with Gasteiger partial charge in [-0.05, 0) is 37.2 Å². The maximum absolute atomic E-state index is 12.5. The Kier molecular flexibility index (Phi) is 3.16. The lowest BCUT2D eigenvalue weighted by molar-refractivity contribution is -0.141. The molecule has 110 valence electrons. The van der Waals surface area contributed by atoms with Crippen molar-refractivity contribution in [1.82, 2.24) is 4.98 Å². The van der Waals surface area contributed by atoms with E-state index in [1.807, 2.05) is 0 Å². The number of nitrogens with zero attached hydrogens (tertiary/aromatic N) is 1. The van der Waals surface area contributed by atoms with Gasteiger partial charge in [0.25, 0.3) is 0 Å². The Hall–Kier alpha value is -1.30. The van der Waals surface area contributed by atoms with Gasteiger partial charge >= 0.3 is 6.18 Å². The minimum atomic E-state index is -4.45. The van der Waals surface area contributed by atoms with Crippen LogP contribution in [0.1, 0.15) is 25.0 Å². The standard InChI is InChI=1S/C14H16F3NO2/c15-14(16,17)12-3-11(1-2-18-12)20-8-13-4-9(5-13)10(6-13)7-19/h1-3,9-10,19H,4-8H2. The van der Waals surface area contributed by atoms with Crippen LogP contribution in [-0.2, 0) is 6.18 Å². The maximum Gasteiger partial charge on any atom is 0.433 e. The van der Waals surface area contributed by atoms with E-state index >= 15 is 0 Å². The van der Waals surface area contributed by atoms with Gasteiger partial charge in [-0.15, -0.1) is 0 Å². The summed E-state index contributed by atoms with van der Waals surface area (Å²) in [5.41, 5.74) is -0.877. The maximum atomic E-state index is 12.5. The first-order chi connectivity index (χ1) is 9.42. The van der Waals surface area contributed by atoms with Crippen molar-refractivity contribution in [3.63, 3.8) is 0 Å². The first-order valence-electron chi connectivity index (χ1n) is 6.69. The van der Waals surface area contributed by atoms with E-state index in [4.69, 9.17) is 4.74 Å². The van der Waals surface area contributed by atoms with Gasteiger partial charge in [0.15, 0.2) is 0 Å². The van der Waals surface area contributed by atoms with E-state index in [1.165, 1.54) is 6.07 Å². The van der Waals surface area contributed by atoms with Gasteiger partial charge in [0, 0.05) is 24.3 Å². The summed E-state index contributed by atoms with van der Waals surface area (Å²) in [6, 6.07) is 2.38. The van der Waals surface area contributed by atoms with Gasteiger partial charge in [0.2, 0.25) is 0 Å². The van der Waals surface area contributed by atoms with Crippen LogP contribution in [0.15, 0.2) is 18.3 Å². The lowest BCUT2D eigenvalue weighted by atomic mass is 9.70. The molecule has 1 unspecified atom stereocenters. The number of hydrogen-bond donors (Lipinski definition) is 1. The Morgan fingerprint density at radius 3 is 2.70 bits per heavy atom. The number of rotatable bonds is 4. The van der Waals surface area contributed by atoms with Crippen LogP contribution >= 0.6 is 0 Å². The van der Waals surface area contributed by atoms with Gasteiger partial charge in [0.1, 0.15) is 11.4 Å². The van der Waals surface area contributed by atoms with Crippen molar-refractivity contribution in [2.45, 2.75) is 25.4 Å². The average Bonchev–Trinajstić information content (AvgIpc) is 2.90. The summed E-state index contributed by atoms with van der Waals surface area (Å²) in [6.07, 6.45) is -0.407. The van der Waals surface area contributed by atoms with Gasteiger partial charge in [-0.2, -0.15) is 13.2 Å². The van der Waals surface area contributed by atoms with Crippen molar-refractivity contribution in [3.8, 4) is 5.75 Å². The van der Waals surface area contributed by atoms with E-state index in [-0.39, 0.29) is 17.8 Å². The summed E-state index contributed by atoms with van der Waals surface area (Å²) in [6.45, 7) is 0.612. The SMILES string of the molecule is OCC1CC2(COc3ccnc(C(F)(F)F)c3)CC1C2. The number of aliphatic hydroxyl groups is 1. The van der Waals surface area contributed by atoms with Crippen molar-refractivity contribution in [1.29, 1.82) is 0 Å². The van der Waals surface area contributed by atoms with Crippen LogP contribution in [0.5, 0.6) is 5.75 Å². The molecule has 6 heteroatoms. The Morgan fingerprint density at radius 1 is 1.35 bits per heavy atom. The lowest BCUT2D eigenvalue weighted by Crippen LogP contribution is -2.34. The molecule has 4 rings (SSSR count). The molecule has 1 aromatic rings. The molecule has 1 atom stereocenters. The minimum Gasteiger partial charge on any atom is -0.493 e. The van der Waals surface area contributed by atoms with Crippen LogP contribution in [0, 0.1) is 17.3 Å². The van der Waals surface area contributed by atoms with Gasteiger partial charge in [-0.3, -0.25) is 4.98 Å².